The SMILES string of the molecule is C=C(C)C(O)(C(=C)/C(C=O)=C\C=C/C)N(C)Cc1ccc(OC)cc1.C=CCC. The van der Waals surface area contributed by atoms with Crippen molar-refractivity contribution >= 4 is 6.29 Å². The minimum absolute atomic E-state index is 0.295. The second-order valence-corrected chi connectivity index (χ2v) is 6.60. The number of aldehydes is 1. The van der Waals surface area contributed by atoms with Crippen LogP contribution in [-0.4, -0.2) is 36.2 Å². The molecule has 4 nitrogen and oxygen atoms in total. The Kier molecular flexibility index (Phi) is 12.2. The van der Waals surface area contributed by atoms with Gasteiger partial charge in [-0.1, -0.05) is 56.5 Å². The zero-order valence-electron chi connectivity index (χ0n) is 18.4. The van der Waals surface area contributed by atoms with Crippen LogP contribution in [0.1, 0.15) is 32.8 Å². The number of allylic oxidation sites excluding steroid dienone is 4. The largest absolute Gasteiger partial charge is 0.497 e. The van der Waals surface area contributed by atoms with Crippen molar-refractivity contribution in [3.05, 3.63) is 90.6 Å². The highest BCUT2D eigenvalue weighted by Crippen LogP contribution is 2.32. The second kappa shape index (κ2) is 13.5. The molecular weight excluding hydrogens is 362 g/mol. The molecule has 1 aromatic rings. The molecule has 1 aromatic carbocycles. The maximum atomic E-state index is 11.4. The molecular formula is C25H35NO3. The molecule has 1 atom stereocenters. The summed E-state index contributed by atoms with van der Waals surface area (Å²) in [5, 5.41) is 11.3. The van der Waals surface area contributed by atoms with Crippen LogP contribution in [0.15, 0.2) is 85.0 Å². The molecule has 0 aliphatic heterocycles. The van der Waals surface area contributed by atoms with Gasteiger partial charge in [-0.3, -0.25) is 9.69 Å². The maximum Gasteiger partial charge on any atom is 0.166 e. The third kappa shape index (κ3) is 7.68. The van der Waals surface area contributed by atoms with E-state index in [1.54, 1.807) is 44.2 Å². The Balaban J connectivity index is 0.00000178. The van der Waals surface area contributed by atoms with Gasteiger partial charge in [0.1, 0.15) is 12.0 Å². The lowest BCUT2D eigenvalue weighted by atomic mass is 9.90. The molecule has 0 spiro atoms. The van der Waals surface area contributed by atoms with Crippen LogP contribution in [0.3, 0.4) is 0 Å². The first-order valence-corrected chi connectivity index (χ1v) is 9.54. The summed E-state index contributed by atoms with van der Waals surface area (Å²) >= 11 is 0. The van der Waals surface area contributed by atoms with Gasteiger partial charge in [-0.25, -0.2) is 0 Å². The number of aliphatic hydroxyl groups is 1. The lowest BCUT2D eigenvalue weighted by molar-refractivity contribution is -0.105. The third-order valence-corrected chi connectivity index (χ3v) is 4.38. The van der Waals surface area contributed by atoms with Crippen LogP contribution >= 0.6 is 0 Å². The van der Waals surface area contributed by atoms with Crippen LogP contribution in [0.2, 0.25) is 0 Å². The van der Waals surface area contributed by atoms with E-state index in [4.69, 9.17) is 4.74 Å². The van der Waals surface area contributed by atoms with E-state index in [-0.39, 0.29) is 0 Å². The van der Waals surface area contributed by atoms with Crippen molar-refractivity contribution in [2.45, 2.75) is 39.5 Å². The summed E-state index contributed by atoms with van der Waals surface area (Å²) in [6, 6.07) is 7.57. The molecule has 0 aliphatic carbocycles. The molecule has 1 N–H and O–H groups in total. The zero-order chi connectivity index (χ0) is 22.4. The summed E-state index contributed by atoms with van der Waals surface area (Å²) in [7, 11) is 3.38. The summed E-state index contributed by atoms with van der Waals surface area (Å²) in [5.74, 6) is 0.767. The average molecular weight is 398 g/mol. The highest BCUT2D eigenvalue weighted by molar-refractivity contribution is 5.82. The molecule has 29 heavy (non-hydrogen) atoms. The van der Waals surface area contributed by atoms with E-state index in [1.165, 1.54) is 0 Å². The zero-order valence-corrected chi connectivity index (χ0v) is 18.4. The van der Waals surface area contributed by atoms with Crippen molar-refractivity contribution in [2.75, 3.05) is 14.2 Å². The standard InChI is InChI=1S/C21H27NO3.C4H8/c1-7-8-9-19(15-23)17(4)21(24,16(2)3)22(5)14-18-10-12-20(25-6)13-11-18;1-3-4-2/h7-13,15,24H,2,4,14H2,1,3,5-6H3;3H,1,4H2,2H3/b8-7-,19-9-;. The average Bonchev–Trinajstić information content (AvgIpc) is 2.73. The van der Waals surface area contributed by atoms with Gasteiger partial charge in [0.2, 0.25) is 0 Å². The highest BCUT2D eigenvalue weighted by atomic mass is 16.5. The van der Waals surface area contributed by atoms with Crippen molar-refractivity contribution in [1.29, 1.82) is 0 Å². The molecule has 1 rings (SSSR count). The molecule has 0 amide bonds. The Morgan fingerprint density at radius 1 is 1.28 bits per heavy atom. The number of ether oxygens (including phenoxy) is 1. The van der Waals surface area contributed by atoms with E-state index in [1.807, 2.05) is 37.3 Å². The van der Waals surface area contributed by atoms with Gasteiger partial charge in [-0.05, 0) is 50.6 Å². The molecule has 0 radical (unpaired) electrons. The first-order chi connectivity index (χ1) is 13.7. The van der Waals surface area contributed by atoms with Gasteiger partial charge in [0.25, 0.3) is 0 Å². The van der Waals surface area contributed by atoms with Crippen LogP contribution < -0.4 is 4.74 Å². The Morgan fingerprint density at radius 2 is 1.83 bits per heavy atom. The second-order valence-electron chi connectivity index (χ2n) is 6.60. The molecule has 0 saturated carbocycles. The monoisotopic (exact) mass is 397 g/mol. The van der Waals surface area contributed by atoms with E-state index in [0.29, 0.717) is 29.6 Å². The minimum Gasteiger partial charge on any atom is -0.497 e. The van der Waals surface area contributed by atoms with Crippen molar-refractivity contribution in [3.8, 4) is 5.75 Å². The number of hydrogen-bond acceptors (Lipinski definition) is 4. The first kappa shape index (κ1) is 26.3. The summed E-state index contributed by atoms with van der Waals surface area (Å²) in [6.45, 7) is 17.4. The van der Waals surface area contributed by atoms with E-state index in [0.717, 1.165) is 17.7 Å². The van der Waals surface area contributed by atoms with E-state index >= 15 is 0 Å². The molecule has 0 bridgehead atoms. The number of carbonyl (C=O) groups is 1. The Hall–Kier alpha value is -2.69. The first-order valence-electron chi connectivity index (χ1n) is 9.54. The Labute approximate surface area is 176 Å². The number of nitrogens with zero attached hydrogens (tertiary/aromatic N) is 1. The number of methoxy groups -OCH3 is 1. The number of rotatable bonds is 10. The molecule has 0 heterocycles. The molecule has 4 heteroatoms. The number of benzene rings is 1. The smallest absolute Gasteiger partial charge is 0.166 e. The summed E-state index contributed by atoms with van der Waals surface area (Å²) in [5.41, 5.74) is 0.561. The van der Waals surface area contributed by atoms with Crippen LogP contribution in [-0.2, 0) is 11.3 Å². The van der Waals surface area contributed by atoms with Crippen molar-refractivity contribution < 1.29 is 14.6 Å². The van der Waals surface area contributed by atoms with E-state index in [9.17, 15) is 9.90 Å². The minimum atomic E-state index is -1.53. The molecule has 0 aliphatic rings. The van der Waals surface area contributed by atoms with Crippen molar-refractivity contribution in [3.63, 3.8) is 0 Å². The fourth-order valence-electron chi connectivity index (χ4n) is 2.55. The van der Waals surface area contributed by atoms with Gasteiger partial charge in [-0.15, -0.1) is 6.58 Å². The van der Waals surface area contributed by atoms with E-state index in [2.05, 4.69) is 26.7 Å². The molecule has 1 unspecified atom stereocenters. The number of carbonyl (C=O) groups excluding carboxylic acids is 1. The summed E-state index contributed by atoms with van der Waals surface area (Å²) in [4.78, 5) is 13.2. The van der Waals surface area contributed by atoms with Crippen molar-refractivity contribution in [1.82, 2.24) is 4.90 Å². The number of hydrogen-bond donors (Lipinski definition) is 1. The third-order valence-electron chi connectivity index (χ3n) is 4.38. The highest BCUT2D eigenvalue weighted by Gasteiger charge is 2.37. The maximum absolute atomic E-state index is 11.4. The molecule has 0 saturated heterocycles. The Bertz CT molecular complexity index is 744. The van der Waals surface area contributed by atoms with Gasteiger partial charge in [0.15, 0.2) is 5.72 Å². The molecule has 0 aromatic heterocycles. The predicted octanol–water partition coefficient (Wildman–Crippen LogP) is 5.23. The fraction of sp³-hybridized carbons (Fsp3) is 0.320. The van der Waals surface area contributed by atoms with Gasteiger partial charge >= 0.3 is 0 Å². The van der Waals surface area contributed by atoms with Crippen LogP contribution in [0.5, 0.6) is 5.75 Å². The lowest BCUT2D eigenvalue weighted by Crippen LogP contribution is -2.48. The van der Waals surface area contributed by atoms with Gasteiger partial charge < -0.3 is 9.84 Å². The van der Waals surface area contributed by atoms with Crippen LogP contribution in [0, 0.1) is 0 Å². The Morgan fingerprint density at radius 3 is 2.21 bits per heavy atom. The van der Waals surface area contributed by atoms with Gasteiger partial charge in [0, 0.05) is 17.7 Å². The quantitative estimate of drug-likeness (QED) is 0.193. The topological polar surface area (TPSA) is 49.8 Å². The fourth-order valence-corrected chi connectivity index (χ4v) is 2.55. The van der Waals surface area contributed by atoms with Gasteiger partial charge in [-0.2, -0.15) is 0 Å². The van der Waals surface area contributed by atoms with Crippen LogP contribution in [0.25, 0.3) is 0 Å². The normalized spacial score (nSPS) is 13.3. The number of likely N-dealkylation sites (N-methyl/N-ethyl adjacent to an activating group) is 1. The van der Waals surface area contributed by atoms with Crippen molar-refractivity contribution in [2.24, 2.45) is 0 Å². The summed E-state index contributed by atoms with van der Waals surface area (Å²) in [6.07, 6.45) is 8.82. The predicted molar refractivity (Wildman–Crippen MR) is 123 cm³/mol. The molecule has 158 valence electrons. The van der Waals surface area contributed by atoms with E-state index < -0.39 is 5.72 Å². The summed E-state index contributed by atoms with van der Waals surface area (Å²) < 4.78 is 5.16. The van der Waals surface area contributed by atoms with Crippen LogP contribution in [0.4, 0.5) is 0 Å². The molecule has 0 fully saturated rings. The van der Waals surface area contributed by atoms with Gasteiger partial charge in [0.05, 0.1) is 7.11 Å². The lowest BCUT2D eigenvalue weighted by Gasteiger charge is -2.39.